The second-order valence-electron chi connectivity index (χ2n) is 5.76. The van der Waals surface area contributed by atoms with Crippen molar-refractivity contribution in [3.8, 4) is 0 Å². The van der Waals surface area contributed by atoms with E-state index in [0.717, 1.165) is 0 Å². The standard InChI is InChI=1S/C16H13F6NO3/c17-15(18,19)8-5-9(16(20,21)22)7-10(6-8)23-13(24)11-3-1-2-4-12(11)14(25)26/h1-2,5-7,11-12H,3-4H2,(H,23,24)(H,25,26)/p-1/t11-,12-/m1/s1. The number of amides is 1. The van der Waals surface area contributed by atoms with E-state index in [1.165, 1.54) is 12.2 Å². The number of hydrogen-bond acceptors (Lipinski definition) is 3. The lowest BCUT2D eigenvalue weighted by atomic mass is 9.82. The molecule has 26 heavy (non-hydrogen) atoms. The first kappa shape index (κ1) is 19.8. The van der Waals surface area contributed by atoms with Crippen LogP contribution in [0.2, 0.25) is 0 Å². The minimum absolute atomic E-state index is 0.0171. The Hall–Kier alpha value is -2.52. The number of alkyl halides is 6. The Morgan fingerprint density at radius 2 is 1.35 bits per heavy atom. The smallest absolute Gasteiger partial charge is 0.416 e. The predicted molar refractivity (Wildman–Crippen MR) is 75.4 cm³/mol. The van der Waals surface area contributed by atoms with Gasteiger partial charge in [0.05, 0.1) is 17.0 Å². The van der Waals surface area contributed by atoms with E-state index in [9.17, 15) is 41.0 Å². The van der Waals surface area contributed by atoms with Gasteiger partial charge >= 0.3 is 12.4 Å². The van der Waals surface area contributed by atoms with Crippen molar-refractivity contribution in [3.63, 3.8) is 0 Å². The van der Waals surface area contributed by atoms with Crippen LogP contribution in [-0.4, -0.2) is 11.9 Å². The number of benzene rings is 1. The Morgan fingerprint density at radius 3 is 1.77 bits per heavy atom. The number of nitrogens with one attached hydrogen (secondary N) is 1. The van der Waals surface area contributed by atoms with Crippen molar-refractivity contribution in [2.45, 2.75) is 25.2 Å². The molecule has 1 amide bonds. The fourth-order valence-electron chi connectivity index (χ4n) is 2.63. The fourth-order valence-corrected chi connectivity index (χ4v) is 2.63. The van der Waals surface area contributed by atoms with Crippen LogP contribution in [0.4, 0.5) is 32.0 Å². The van der Waals surface area contributed by atoms with E-state index in [1.54, 1.807) is 0 Å². The largest absolute Gasteiger partial charge is 0.550 e. The molecule has 0 unspecified atom stereocenters. The lowest BCUT2D eigenvalue weighted by Crippen LogP contribution is -2.41. The van der Waals surface area contributed by atoms with Gasteiger partial charge in [-0.15, -0.1) is 0 Å². The summed E-state index contributed by atoms with van der Waals surface area (Å²) in [4.78, 5) is 23.3. The first-order chi connectivity index (χ1) is 11.9. The van der Waals surface area contributed by atoms with E-state index in [4.69, 9.17) is 0 Å². The molecule has 0 heterocycles. The second-order valence-corrected chi connectivity index (χ2v) is 5.76. The average Bonchev–Trinajstić information content (AvgIpc) is 2.52. The zero-order valence-electron chi connectivity index (χ0n) is 12.9. The molecule has 1 N–H and O–H groups in total. The van der Waals surface area contributed by atoms with Crippen LogP contribution >= 0.6 is 0 Å². The van der Waals surface area contributed by atoms with Crippen LogP contribution in [0.5, 0.6) is 0 Å². The number of halogens is 6. The molecule has 1 aromatic carbocycles. The highest BCUT2D eigenvalue weighted by Crippen LogP contribution is 2.38. The number of carboxylic acid groups (broad SMARTS) is 1. The molecule has 4 nitrogen and oxygen atoms in total. The van der Waals surface area contributed by atoms with E-state index >= 15 is 0 Å². The third kappa shape index (κ3) is 4.55. The van der Waals surface area contributed by atoms with Crippen LogP contribution in [-0.2, 0) is 21.9 Å². The highest BCUT2D eigenvalue weighted by molar-refractivity contribution is 5.95. The lowest BCUT2D eigenvalue weighted by molar-refractivity contribution is -0.313. The minimum Gasteiger partial charge on any atom is -0.550 e. The molecule has 142 valence electrons. The normalized spacial score (nSPS) is 20.7. The van der Waals surface area contributed by atoms with E-state index in [2.05, 4.69) is 0 Å². The topological polar surface area (TPSA) is 69.2 Å². The maximum absolute atomic E-state index is 12.8. The third-order valence-corrected chi connectivity index (χ3v) is 3.93. The molecule has 1 aliphatic carbocycles. The zero-order valence-corrected chi connectivity index (χ0v) is 12.9. The van der Waals surface area contributed by atoms with Crippen molar-refractivity contribution in [3.05, 3.63) is 41.5 Å². The van der Waals surface area contributed by atoms with Gasteiger partial charge in [-0.3, -0.25) is 4.79 Å². The number of carboxylic acids is 1. The molecular weight excluding hydrogens is 368 g/mol. The van der Waals surface area contributed by atoms with E-state index in [-0.39, 0.29) is 18.9 Å². The number of anilines is 1. The van der Waals surface area contributed by atoms with Crippen molar-refractivity contribution in [1.29, 1.82) is 0 Å². The number of hydrogen-bond donors (Lipinski definition) is 1. The van der Waals surface area contributed by atoms with Crippen molar-refractivity contribution in [1.82, 2.24) is 0 Å². The predicted octanol–water partition coefficient (Wildman–Crippen LogP) is 3.00. The lowest BCUT2D eigenvalue weighted by Gasteiger charge is -2.28. The van der Waals surface area contributed by atoms with Gasteiger partial charge in [-0.25, -0.2) is 0 Å². The quantitative estimate of drug-likeness (QED) is 0.648. The highest BCUT2D eigenvalue weighted by Gasteiger charge is 2.37. The van der Waals surface area contributed by atoms with Gasteiger partial charge < -0.3 is 15.2 Å². The van der Waals surface area contributed by atoms with Crippen LogP contribution in [0, 0.1) is 11.8 Å². The van der Waals surface area contributed by atoms with E-state index in [0.29, 0.717) is 12.1 Å². The van der Waals surface area contributed by atoms with Crippen LogP contribution in [0.15, 0.2) is 30.4 Å². The molecule has 0 aliphatic heterocycles. The molecule has 0 fully saturated rings. The van der Waals surface area contributed by atoms with Crippen molar-refractivity contribution in [2.24, 2.45) is 11.8 Å². The highest BCUT2D eigenvalue weighted by atomic mass is 19.4. The summed E-state index contributed by atoms with van der Waals surface area (Å²) in [5.74, 6) is -4.88. The van der Waals surface area contributed by atoms with Crippen LogP contribution in [0.1, 0.15) is 24.0 Å². The molecule has 0 spiro atoms. The Labute approximate surface area is 143 Å². The summed E-state index contributed by atoms with van der Waals surface area (Å²) in [6.07, 6.45) is -7.12. The summed E-state index contributed by atoms with van der Waals surface area (Å²) < 4.78 is 76.9. The molecule has 0 saturated carbocycles. The van der Waals surface area contributed by atoms with Crippen LogP contribution < -0.4 is 10.4 Å². The maximum Gasteiger partial charge on any atom is 0.416 e. The Morgan fingerprint density at radius 1 is 0.885 bits per heavy atom. The van der Waals surface area contributed by atoms with Crippen LogP contribution in [0.25, 0.3) is 0 Å². The van der Waals surface area contributed by atoms with Gasteiger partial charge in [0.1, 0.15) is 0 Å². The molecule has 1 aromatic rings. The summed E-state index contributed by atoms with van der Waals surface area (Å²) in [6, 6.07) is 0.655. The van der Waals surface area contributed by atoms with Gasteiger partial charge in [0, 0.05) is 17.6 Å². The molecule has 2 rings (SSSR count). The molecule has 0 radical (unpaired) electrons. The molecule has 1 aliphatic rings. The van der Waals surface area contributed by atoms with Crippen molar-refractivity contribution < 1.29 is 41.0 Å². The molecular formula is C16H12F6NO3-. The molecule has 0 bridgehead atoms. The summed E-state index contributed by atoms with van der Waals surface area (Å²) in [6.45, 7) is 0. The maximum atomic E-state index is 12.8. The zero-order chi connectivity index (χ0) is 19.7. The fraction of sp³-hybridized carbons (Fsp3) is 0.375. The van der Waals surface area contributed by atoms with Gasteiger partial charge in [0.2, 0.25) is 5.91 Å². The van der Waals surface area contributed by atoms with E-state index < -0.39 is 52.9 Å². The van der Waals surface area contributed by atoms with Crippen molar-refractivity contribution >= 4 is 17.6 Å². The molecule has 10 heteroatoms. The summed E-state index contributed by atoms with van der Waals surface area (Å²) in [5, 5.41) is 13.0. The number of aliphatic carboxylic acids is 1. The summed E-state index contributed by atoms with van der Waals surface area (Å²) in [5.41, 5.74) is -3.88. The Balaban J connectivity index is 2.34. The SMILES string of the molecule is O=C([O-])[C@@H]1CC=CC[C@H]1C(=O)Nc1cc(C(F)(F)F)cc(C(F)(F)F)c1. The second kappa shape index (κ2) is 7.00. The van der Waals surface area contributed by atoms with Gasteiger partial charge in [-0.1, -0.05) is 12.2 Å². The average molecular weight is 380 g/mol. The number of rotatable bonds is 3. The van der Waals surface area contributed by atoms with Crippen molar-refractivity contribution in [2.75, 3.05) is 5.32 Å². The third-order valence-electron chi connectivity index (χ3n) is 3.93. The number of carbonyl (C=O) groups excluding carboxylic acids is 2. The molecule has 0 aromatic heterocycles. The first-order valence-electron chi connectivity index (χ1n) is 7.36. The first-order valence-corrected chi connectivity index (χ1v) is 7.36. The summed E-state index contributed by atoms with van der Waals surface area (Å²) in [7, 11) is 0. The monoisotopic (exact) mass is 380 g/mol. The van der Waals surface area contributed by atoms with Gasteiger partial charge in [0.25, 0.3) is 0 Å². The van der Waals surface area contributed by atoms with Gasteiger partial charge in [-0.2, -0.15) is 26.3 Å². The Kier molecular flexibility index (Phi) is 5.33. The molecule has 0 saturated heterocycles. The minimum atomic E-state index is -5.05. The van der Waals surface area contributed by atoms with Crippen LogP contribution in [0.3, 0.4) is 0 Å². The number of allylic oxidation sites excluding steroid dienone is 2. The molecule has 2 atom stereocenters. The van der Waals surface area contributed by atoms with Gasteiger partial charge in [-0.05, 0) is 31.0 Å². The van der Waals surface area contributed by atoms with E-state index in [1.807, 2.05) is 5.32 Å². The summed E-state index contributed by atoms with van der Waals surface area (Å²) >= 11 is 0. The number of carbonyl (C=O) groups is 2. The van der Waals surface area contributed by atoms with Gasteiger partial charge in [0.15, 0.2) is 0 Å². The Bertz CT molecular complexity index is 706.